The molecule has 14 nitrogen and oxygen atoms in total. The van der Waals surface area contributed by atoms with E-state index in [1.54, 1.807) is 0 Å². The van der Waals surface area contributed by atoms with Crippen LogP contribution in [-0.4, -0.2) is 93.2 Å². The molecule has 0 aromatic carbocycles. The number of rotatable bonds is 17. The maximum Gasteiger partial charge on any atom is 0.326 e. The van der Waals surface area contributed by atoms with Crippen molar-refractivity contribution in [2.45, 2.75) is 69.3 Å². The summed E-state index contributed by atoms with van der Waals surface area (Å²) in [4.78, 5) is 70.8. The fraction of sp³-hybridized carbons (Fsp3) is 0.684. The van der Waals surface area contributed by atoms with Crippen molar-refractivity contribution < 1.29 is 44.1 Å². The highest BCUT2D eigenvalue weighted by molar-refractivity contribution is 7.98. The van der Waals surface area contributed by atoms with Gasteiger partial charge in [-0.15, -0.1) is 0 Å². The summed E-state index contributed by atoms with van der Waals surface area (Å²) in [6.07, 6.45) is -0.807. The van der Waals surface area contributed by atoms with E-state index in [-0.39, 0.29) is 12.8 Å². The van der Waals surface area contributed by atoms with Gasteiger partial charge in [0, 0.05) is 12.8 Å². The highest BCUT2D eigenvalue weighted by Crippen LogP contribution is 2.05. The summed E-state index contributed by atoms with van der Waals surface area (Å²) < 4.78 is 0. The molecular formula is C19H33N5O9S. The molecule has 10 N–H and O–H groups in total. The van der Waals surface area contributed by atoms with E-state index in [0.717, 1.165) is 6.92 Å². The van der Waals surface area contributed by atoms with Crippen LogP contribution in [0.25, 0.3) is 0 Å². The average molecular weight is 508 g/mol. The molecule has 4 amide bonds. The Bertz CT molecular complexity index is 750. The van der Waals surface area contributed by atoms with Crippen molar-refractivity contribution in [2.75, 3.05) is 12.0 Å². The minimum absolute atomic E-state index is 0.216. The largest absolute Gasteiger partial charge is 0.481 e. The number of amides is 4. The van der Waals surface area contributed by atoms with Gasteiger partial charge in [-0.1, -0.05) is 0 Å². The lowest BCUT2D eigenvalue weighted by molar-refractivity contribution is -0.144. The molecule has 0 fully saturated rings. The molecule has 0 aliphatic rings. The van der Waals surface area contributed by atoms with E-state index in [0.29, 0.717) is 12.2 Å². The number of aliphatic carboxylic acids is 2. The molecule has 5 atom stereocenters. The molecule has 34 heavy (non-hydrogen) atoms. The predicted molar refractivity (Wildman–Crippen MR) is 121 cm³/mol. The first kappa shape index (κ1) is 31.1. The van der Waals surface area contributed by atoms with E-state index in [9.17, 15) is 39.0 Å². The third kappa shape index (κ3) is 12.4. The van der Waals surface area contributed by atoms with Gasteiger partial charge in [-0.05, 0) is 38.2 Å². The third-order valence-electron chi connectivity index (χ3n) is 4.61. The Hall–Kier alpha value is -2.91. The van der Waals surface area contributed by atoms with Crippen LogP contribution in [0.3, 0.4) is 0 Å². The van der Waals surface area contributed by atoms with Crippen LogP contribution in [0.15, 0.2) is 0 Å². The van der Waals surface area contributed by atoms with Gasteiger partial charge in [0.1, 0.15) is 18.1 Å². The zero-order valence-corrected chi connectivity index (χ0v) is 19.8. The summed E-state index contributed by atoms with van der Waals surface area (Å²) >= 11 is 1.47. The van der Waals surface area contributed by atoms with Crippen LogP contribution in [0.2, 0.25) is 0 Å². The van der Waals surface area contributed by atoms with Gasteiger partial charge >= 0.3 is 11.9 Å². The van der Waals surface area contributed by atoms with E-state index in [1.165, 1.54) is 11.8 Å². The number of carboxylic acid groups (broad SMARTS) is 2. The molecule has 0 radical (unpaired) electrons. The van der Waals surface area contributed by atoms with Gasteiger partial charge in [-0.25, -0.2) is 4.79 Å². The standard InChI is InChI=1S/C19H33N5O9S/c1-9(25)15(18(31)23-12(19(32)33)4-6-14(27)28)24-17(30)11(3-5-13(21)26)22-16(29)10(20)7-8-34-2/h9-12,15,25H,3-8,20H2,1-2H3,(H2,21,26)(H,22,29)(H,23,31)(H,24,30)(H,27,28)(H,32,33). The SMILES string of the molecule is CSCCC(N)C(=O)NC(CCC(N)=O)C(=O)NC(C(=O)NC(CCC(=O)O)C(=O)O)C(C)O. The lowest BCUT2D eigenvalue weighted by atomic mass is 10.1. The van der Waals surface area contributed by atoms with Crippen molar-refractivity contribution in [3.8, 4) is 0 Å². The maximum absolute atomic E-state index is 12.8. The molecule has 0 rings (SSSR count). The van der Waals surface area contributed by atoms with Crippen LogP contribution in [0, 0.1) is 0 Å². The van der Waals surface area contributed by atoms with Crippen LogP contribution in [0.1, 0.15) is 39.0 Å². The van der Waals surface area contributed by atoms with E-state index in [1.807, 2.05) is 6.26 Å². The summed E-state index contributed by atoms with van der Waals surface area (Å²) in [5.41, 5.74) is 10.9. The predicted octanol–water partition coefficient (Wildman–Crippen LogP) is -2.88. The number of thioether (sulfide) groups is 1. The lowest BCUT2D eigenvalue weighted by Gasteiger charge is -2.26. The maximum atomic E-state index is 12.8. The first-order valence-corrected chi connectivity index (χ1v) is 11.8. The molecular weight excluding hydrogens is 474 g/mol. The Morgan fingerprint density at radius 1 is 0.853 bits per heavy atom. The summed E-state index contributed by atoms with van der Waals surface area (Å²) in [5.74, 6) is -5.63. The number of hydrogen-bond donors (Lipinski definition) is 8. The quantitative estimate of drug-likeness (QED) is 0.0992. The monoisotopic (exact) mass is 507 g/mol. The van der Waals surface area contributed by atoms with Crippen LogP contribution < -0.4 is 27.4 Å². The summed E-state index contributed by atoms with van der Waals surface area (Å²) in [7, 11) is 0. The van der Waals surface area contributed by atoms with Gasteiger partial charge in [-0.2, -0.15) is 11.8 Å². The molecule has 15 heteroatoms. The highest BCUT2D eigenvalue weighted by atomic mass is 32.2. The van der Waals surface area contributed by atoms with Crippen LogP contribution in [-0.2, 0) is 28.8 Å². The first-order valence-electron chi connectivity index (χ1n) is 10.4. The third-order valence-corrected chi connectivity index (χ3v) is 5.25. The Morgan fingerprint density at radius 2 is 1.41 bits per heavy atom. The number of nitrogens with one attached hydrogen (secondary N) is 3. The average Bonchev–Trinajstić information content (AvgIpc) is 2.74. The van der Waals surface area contributed by atoms with Gasteiger partial charge in [0.25, 0.3) is 0 Å². The van der Waals surface area contributed by atoms with Gasteiger partial charge in [0.2, 0.25) is 23.6 Å². The van der Waals surface area contributed by atoms with Crippen molar-refractivity contribution in [2.24, 2.45) is 11.5 Å². The Morgan fingerprint density at radius 3 is 1.88 bits per heavy atom. The lowest BCUT2D eigenvalue weighted by Crippen LogP contribution is -2.60. The second-order valence-corrected chi connectivity index (χ2v) is 8.50. The number of aliphatic hydroxyl groups is 1. The molecule has 0 aromatic heterocycles. The second-order valence-electron chi connectivity index (χ2n) is 7.51. The summed E-state index contributed by atoms with van der Waals surface area (Å²) in [6.45, 7) is 1.16. The molecule has 0 bridgehead atoms. The topological polar surface area (TPSA) is 251 Å². The Balaban J connectivity index is 5.44. The molecule has 5 unspecified atom stereocenters. The van der Waals surface area contributed by atoms with Gasteiger partial charge in [0.15, 0.2) is 0 Å². The second kappa shape index (κ2) is 15.8. The van der Waals surface area contributed by atoms with Gasteiger partial charge in [-0.3, -0.25) is 24.0 Å². The molecule has 0 aliphatic heterocycles. The molecule has 0 spiro atoms. The van der Waals surface area contributed by atoms with E-state index >= 15 is 0 Å². The number of hydrogen-bond acceptors (Lipinski definition) is 9. The number of aliphatic hydroxyl groups excluding tert-OH is 1. The Labute approximate surface area is 200 Å². The van der Waals surface area contributed by atoms with E-state index < -0.39 is 78.7 Å². The first-order chi connectivity index (χ1) is 15.8. The van der Waals surface area contributed by atoms with Crippen LogP contribution in [0.4, 0.5) is 0 Å². The van der Waals surface area contributed by atoms with Crippen LogP contribution in [0.5, 0.6) is 0 Å². The molecule has 194 valence electrons. The zero-order chi connectivity index (χ0) is 26.4. The minimum Gasteiger partial charge on any atom is -0.481 e. The molecule has 0 aliphatic carbocycles. The minimum atomic E-state index is -1.64. The van der Waals surface area contributed by atoms with Crippen molar-refractivity contribution >= 4 is 47.3 Å². The molecule has 0 saturated carbocycles. The summed E-state index contributed by atoms with van der Waals surface area (Å²) in [5, 5.41) is 34.6. The Kier molecular flexibility index (Phi) is 14.5. The molecule has 0 saturated heterocycles. The fourth-order valence-corrected chi connectivity index (χ4v) is 3.15. The normalized spacial score (nSPS) is 15.2. The summed E-state index contributed by atoms with van der Waals surface area (Å²) in [6, 6.07) is -5.48. The van der Waals surface area contributed by atoms with Crippen molar-refractivity contribution in [3.05, 3.63) is 0 Å². The van der Waals surface area contributed by atoms with Crippen molar-refractivity contribution in [1.82, 2.24) is 16.0 Å². The molecule has 0 aromatic rings. The fourth-order valence-electron chi connectivity index (χ4n) is 2.66. The molecule has 0 heterocycles. The van der Waals surface area contributed by atoms with E-state index in [4.69, 9.17) is 16.6 Å². The number of carbonyl (C=O) groups is 6. The van der Waals surface area contributed by atoms with Gasteiger partial charge in [0.05, 0.1) is 12.1 Å². The number of carboxylic acids is 2. The highest BCUT2D eigenvalue weighted by Gasteiger charge is 2.33. The number of nitrogens with two attached hydrogens (primary N) is 2. The number of primary amides is 1. The van der Waals surface area contributed by atoms with Gasteiger partial charge < -0.3 is 42.7 Å². The zero-order valence-electron chi connectivity index (χ0n) is 19.0. The smallest absolute Gasteiger partial charge is 0.326 e. The van der Waals surface area contributed by atoms with Crippen molar-refractivity contribution in [1.29, 1.82) is 0 Å². The number of carbonyl (C=O) groups excluding carboxylic acids is 4. The van der Waals surface area contributed by atoms with Crippen LogP contribution >= 0.6 is 11.8 Å². The van der Waals surface area contributed by atoms with E-state index in [2.05, 4.69) is 16.0 Å². The van der Waals surface area contributed by atoms with Crippen molar-refractivity contribution in [3.63, 3.8) is 0 Å².